The highest BCUT2D eigenvalue weighted by Gasteiger charge is 2.41. The van der Waals surface area contributed by atoms with Gasteiger partial charge in [-0.3, -0.25) is 0 Å². The second kappa shape index (κ2) is 5.06. The molecule has 78 valence electrons. The van der Waals surface area contributed by atoms with Gasteiger partial charge < -0.3 is 9.84 Å². The third-order valence-electron chi connectivity index (χ3n) is 1.41. The first-order valence-electron chi connectivity index (χ1n) is 3.80. The van der Waals surface area contributed by atoms with Crippen LogP contribution in [0.5, 0.6) is 0 Å². The van der Waals surface area contributed by atoms with Crippen molar-refractivity contribution < 1.29 is 27.8 Å². The van der Waals surface area contributed by atoms with E-state index in [4.69, 9.17) is 5.11 Å². The van der Waals surface area contributed by atoms with E-state index in [1.54, 1.807) is 6.92 Å². The molecule has 0 saturated heterocycles. The van der Waals surface area contributed by atoms with Crippen LogP contribution in [0.2, 0.25) is 0 Å². The quantitative estimate of drug-likeness (QED) is 0.695. The molecule has 0 aromatic rings. The van der Waals surface area contributed by atoms with Crippen LogP contribution in [0.25, 0.3) is 0 Å². The number of esters is 1. The van der Waals surface area contributed by atoms with E-state index < -0.39 is 18.2 Å². The number of aliphatic hydroxyl groups is 1. The van der Waals surface area contributed by atoms with Crippen molar-refractivity contribution in [2.45, 2.75) is 32.0 Å². The standard InChI is InChI=1S/C7H11F3O3/c1-2-5(3-4-11)13-6(12)7(8,9)10/h5,11H,2-4H2,1H3. The van der Waals surface area contributed by atoms with Gasteiger partial charge in [0.15, 0.2) is 0 Å². The molecule has 6 heteroatoms. The van der Waals surface area contributed by atoms with Crippen LogP contribution < -0.4 is 0 Å². The molecule has 0 aromatic carbocycles. The summed E-state index contributed by atoms with van der Waals surface area (Å²) >= 11 is 0. The number of alkyl halides is 3. The Kier molecular flexibility index (Phi) is 4.76. The van der Waals surface area contributed by atoms with E-state index >= 15 is 0 Å². The average molecular weight is 200 g/mol. The minimum absolute atomic E-state index is 0.0261. The molecule has 0 amide bonds. The van der Waals surface area contributed by atoms with E-state index in [0.717, 1.165) is 0 Å². The van der Waals surface area contributed by atoms with Gasteiger partial charge in [-0.15, -0.1) is 0 Å². The van der Waals surface area contributed by atoms with Crippen molar-refractivity contribution >= 4 is 5.97 Å². The highest BCUT2D eigenvalue weighted by atomic mass is 19.4. The van der Waals surface area contributed by atoms with Crippen molar-refractivity contribution in [2.24, 2.45) is 0 Å². The smallest absolute Gasteiger partial charge is 0.456 e. The molecule has 1 unspecified atom stereocenters. The predicted molar refractivity (Wildman–Crippen MR) is 37.9 cm³/mol. The number of hydrogen-bond acceptors (Lipinski definition) is 3. The van der Waals surface area contributed by atoms with Crippen LogP contribution in [0.1, 0.15) is 19.8 Å². The number of carbonyl (C=O) groups is 1. The summed E-state index contributed by atoms with van der Waals surface area (Å²) in [4.78, 5) is 10.3. The molecule has 0 aromatic heterocycles. The van der Waals surface area contributed by atoms with Gasteiger partial charge in [0.1, 0.15) is 6.10 Å². The number of hydrogen-bond donors (Lipinski definition) is 1. The Morgan fingerprint density at radius 3 is 2.38 bits per heavy atom. The number of ether oxygens (including phenoxy) is 1. The van der Waals surface area contributed by atoms with Crippen LogP contribution in [0.15, 0.2) is 0 Å². The highest BCUT2D eigenvalue weighted by Crippen LogP contribution is 2.18. The van der Waals surface area contributed by atoms with Crippen molar-refractivity contribution in [3.05, 3.63) is 0 Å². The zero-order chi connectivity index (χ0) is 10.5. The maximum absolute atomic E-state index is 11.6. The molecule has 0 bridgehead atoms. The molecule has 0 rings (SSSR count). The van der Waals surface area contributed by atoms with Gasteiger partial charge in [-0.25, -0.2) is 4.79 Å². The minimum atomic E-state index is -4.96. The van der Waals surface area contributed by atoms with Gasteiger partial charge >= 0.3 is 12.1 Å². The summed E-state index contributed by atoms with van der Waals surface area (Å²) in [6.45, 7) is 1.27. The molecule has 0 aliphatic carbocycles. The lowest BCUT2D eigenvalue weighted by Crippen LogP contribution is -2.30. The zero-order valence-corrected chi connectivity index (χ0v) is 7.10. The van der Waals surface area contributed by atoms with Crippen LogP contribution in [0.3, 0.4) is 0 Å². The average Bonchev–Trinajstić information content (AvgIpc) is 2.01. The lowest BCUT2D eigenvalue weighted by Gasteiger charge is -2.15. The van der Waals surface area contributed by atoms with Crippen LogP contribution in [-0.4, -0.2) is 30.0 Å². The zero-order valence-electron chi connectivity index (χ0n) is 7.10. The van der Waals surface area contributed by atoms with Crippen molar-refractivity contribution in [3.8, 4) is 0 Å². The van der Waals surface area contributed by atoms with Gasteiger partial charge in [0.05, 0.1) is 0 Å². The van der Waals surface area contributed by atoms with E-state index in [9.17, 15) is 18.0 Å². The molecule has 1 atom stereocenters. The van der Waals surface area contributed by atoms with Crippen molar-refractivity contribution in [2.75, 3.05) is 6.61 Å². The fourth-order valence-electron chi connectivity index (χ4n) is 0.709. The van der Waals surface area contributed by atoms with E-state index in [2.05, 4.69) is 4.74 Å². The molecule has 0 heterocycles. The SMILES string of the molecule is CCC(CCO)OC(=O)C(F)(F)F. The van der Waals surface area contributed by atoms with E-state index in [1.165, 1.54) is 0 Å². The largest absolute Gasteiger partial charge is 0.490 e. The maximum Gasteiger partial charge on any atom is 0.490 e. The summed E-state index contributed by atoms with van der Waals surface area (Å²) < 4.78 is 39.0. The summed E-state index contributed by atoms with van der Waals surface area (Å²) in [5.74, 6) is -2.20. The van der Waals surface area contributed by atoms with Gasteiger partial charge in [0.2, 0.25) is 0 Å². The summed E-state index contributed by atoms with van der Waals surface area (Å²) in [5.41, 5.74) is 0. The lowest BCUT2D eigenvalue weighted by atomic mass is 10.2. The fourth-order valence-corrected chi connectivity index (χ4v) is 0.709. The first-order chi connectivity index (χ1) is 5.91. The normalized spacial score (nSPS) is 13.9. The molecule has 1 N–H and O–H groups in total. The molecule has 13 heavy (non-hydrogen) atoms. The molecule has 0 aliphatic heterocycles. The first-order valence-corrected chi connectivity index (χ1v) is 3.80. The monoisotopic (exact) mass is 200 g/mol. The Morgan fingerprint density at radius 2 is 2.08 bits per heavy atom. The molecule has 3 nitrogen and oxygen atoms in total. The summed E-state index contributed by atoms with van der Waals surface area (Å²) in [6.07, 6.45) is -5.54. The van der Waals surface area contributed by atoms with Gasteiger partial charge in [0, 0.05) is 13.0 Å². The van der Waals surface area contributed by atoms with Crippen LogP contribution in [0, 0.1) is 0 Å². The Morgan fingerprint density at radius 1 is 1.54 bits per heavy atom. The summed E-state index contributed by atoms with van der Waals surface area (Å²) in [7, 11) is 0. The lowest BCUT2D eigenvalue weighted by molar-refractivity contribution is -0.205. The predicted octanol–water partition coefficient (Wildman–Crippen LogP) is 1.25. The Balaban J connectivity index is 4.01. The molecule has 0 fully saturated rings. The Bertz CT molecular complexity index is 167. The van der Waals surface area contributed by atoms with Gasteiger partial charge in [0.25, 0.3) is 0 Å². The number of halogens is 3. The third-order valence-corrected chi connectivity index (χ3v) is 1.41. The van der Waals surface area contributed by atoms with Gasteiger partial charge in [-0.2, -0.15) is 13.2 Å². The molecule has 0 spiro atoms. The second-order valence-electron chi connectivity index (χ2n) is 2.45. The van der Waals surface area contributed by atoms with Crippen LogP contribution in [0.4, 0.5) is 13.2 Å². The van der Waals surface area contributed by atoms with Crippen molar-refractivity contribution in [3.63, 3.8) is 0 Å². The molecule has 0 aliphatic rings. The maximum atomic E-state index is 11.6. The molecular weight excluding hydrogens is 189 g/mol. The Hall–Kier alpha value is -0.780. The van der Waals surface area contributed by atoms with Crippen molar-refractivity contribution in [1.29, 1.82) is 0 Å². The third kappa shape index (κ3) is 4.72. The van der Waals surface area contributed by atoms with Crippen molar-refractivity contribution in [1.82, 2.24) is 0 Å². The fraction of sp³-hybridized carbons (Fsp3) is 0.857. The molecule has 0 saturated carbocycles. The number of rotatable bonds is 4. The summed E-state index contributed by atoms with van der Waals surface area (Å²) in [5, 5.41) is 8.41. The number of aliphatic hydroxyl groups excluding tert-OH is 1. The molecular formula is C7H11F3O3. The van der Waals surface area contributed by atoms with E-state index in [0.29, 0.717) is 0 Å². The van der Waals surface area contributed by atoms with Gasteiger partial charge in [-0.1, -0.05) is 6.92 Å². The first kappa shape index (κ1) is 12.2. The Labute approximate surface area is 73.5 Å². The van der Waals surface area contributed by atoms with E-state index in [-0.39, 0.29) is 19.4 Å². The second-order valence-corrected chi connectivity index (χ2v) is 2.45. The molecule has 0 radical (unpaired) electrons. The van der Waals surface area contributed by atoms with E-state index in [1.807, 2.05) is 0 Å². The van der Waals surface area contributed by atoms with Crippen LogP contribution in [-0.2, 0) is 9.53 Å². The summed E-state index contributed by atoms with van der Waals surface area (Å²) in [6, 6.07) is 0. The minimum Gasteiger partial charge on any atom is -0.456 e. The topological polar surface area (TPSA) is 46.5 Å². The number of carbonyl (C=O) groups excluding carboxylic acids is 1. The van der Waals surface area contributed by atoms with Gasteiger partial charge in [-0.05, 0) is 6.42 Å². The highest BCUT2D eigenvalue weighted by molar-refractivity contribution is 5.75. The van der Waals surface area contributed by atoms with Crippen LogP contribution >= 0.6 is 0 Å².